The lowest BCUT2D eigenvalue weighted by Gasteiger charge is -2.22. The summed E-state index contributed by atoms with van der Waals surface area (Å²) in [5.74, 6) is -0.826. The van der Waals surface area contributed by atoms with E-state index in [0.29, 0.717) is 11.3 Å². The van der Waals surface area contributed by atoms with Gasteiger partial charge in [-0.1, -0.05) is 12.1 Å². The van der Waals surface area contributed by atoms with Gasteiger partial charge < -0.3 is 21.7 Å². The first-order chi connectivity index (χ1) is 9.67. The normalized spacial score (nSPS) is 11.0. The Kier molecular flexibility index (Phi) is 5.39. The van der Waals surface area contributed by atoms with Crippen LogP contribution in [0, 0.1) is 0 Å². The largest absolute Gasteiger partial charge is 0.405 e. The zero-order valence-electron chi connectivity index (χ0n) is 11.0. The summed E-state index contributed by atoms with van der Waals surface area (Å²) < 4.78 is 36.2. The molecule has 0 saturated heterocycles. The van der Waals surface area contributed by atoms with Crippen LogP contribution in [0.25, 0.3) is 0 Å². The molecule has 0 bridgehead atoms. The van der Waals surface area contributed by atoms with Gasteiger partial charge in [-0.3, -0.25) is 4.79 Å². The predicted molar refractivity (Wildman–Crippen MR) is 69.9 cm³/mol. The number of nitrogens with two attached hydrogens (primary N) is 2. The van der Waals surface area contributed by atoms with E-state index in [9.17, 15) is 22.8 Å². The van der Waals surface area contributed by atoms with Gasteiger partial charge in [-0.15, -0.1) is 0 Å². The van der Waals surface area contributed by atoms with E-state index >= 15 is 0 Å². The van der Waals surface area contributed by atoms with Gasteiger partial charge in [0.2, 0.25) is 5.91 Å². The first-order valence-electron chi connectivity index (χ1n) is 5.89. The predicted octanol–water partition coefficient (Wildman–Crippen LogP) is 0.828. The Hall–Kier alpha value is -2.45. The van der Waals surface area contributed by atoms with E-state index in [1.165, 1.54) is 0 Å². The van der Waals surface area contributed by atoms with Crippen LogP contribution >= 0.6 is 0 Å². The highest BCUT2D eigenvalue weighted by molar-refractivity contribution is 5.82. The molecule has 0 aliphatic carbocycles. The molecule has 0 saturated carbocycles. The van der Waals surface area contributed by atoms with Crippen molar-refractivity contribution in [3.05, 3.63) is 29.8 Å². The zero-order chi connectivity index (χ0) is 16.0. The molecular weight excluding hydrogens is 289 g/mol. The zero-order valence-corrected chi connectivity index (χ0v) is 11.0. The van der Waals surface area contributed by atoms with Crippen LogP contribution in [0.4, 0.5) is 23.7 Å². The Bertz CT molecular complexity index is 502. The van der Waals surface area contributed by atoms with Gasteiger partial charge in [0.05, 0.1) is 0 Å². The average Bonchev–Trinajstić information content (AvgIpc) is 2.36. The molecule has 0 aromatic heterocycles. The van der Waals surface area contributed by atoms with Gasteiger partial charge in [0.1, 0.15) is 13.1 Å². The Labute approximate surface area is 118 Å². The Balaban J connectivity index is 2.72. The standard InChI is InChI=1S/C12H15F3N4O2/c13-12(14,15)7-18-11(21)19(6-10(17)20)5-8-1-3-9(16)4-2-8/h1-4H,5-7,16H2,(H2,17,20)(H,18,21). The van der Waals surface area contributed by atoms with Crippen molar-refractivity contribution in [2.24, 2.45) is 5.73 Å². The molecule has 1 rings (SSSR count). The van der Waals surface area contributed by atoms with Crippen LogP contribution in [0.15, 0.2) is 24.3 Å². The smallest absolute Gasteiger partial charge is 0.399 e. The number of anilines is 1. The number of hydrogen-bond donors (Lipinski definition) is 3. The molecule has 0 aliphatic heterocycles. The summed E-state index contributed by atoms with van der Waals surface area (Å²) in [6.07, 6.45) is -4.53. The summed E-state index contributed by atoms with van der Waals surface area (Å²) in [6.45, 7) is -2.04. The van der Waals surface area contributed by atoms with E-state index in [4.69, 9.17) is 11.5 Å². The van der Waals surface area contributed by atoms with Crippen molar-refractivity contribution < 1.29 is 22.8 Å². The van der Waals surface area contributed by atoms with Gasteiger partial charge in [0.25, 0.3) is 0 Å². The number of hydrogen-bond acceptors (Lipinski definition) is 3. The van der Waals surface area contributed by atoms with E-state index in [0.717, 1.165) is 4.90 Å². The molecule has 0 unspecified atom stereocenters. The van der Waals surface area contributed by atoms with Crippen LogP contribution < -0.4 is 16.8 Å². The van der Waals surface area contributed by atoms with Gasteiger partial charge in [-0.05, 0) is 17.7 Å². The highest BCUT2D eigenvalue weighted by atomic mass is 19.4. The van der Waals surface area contributed by atoms with E-state index in [1.807, 2.05) is 0 Å². The lowest BCUT2D eigenvalue weighted by atomic mass is 10.2. The molecule has 1 aromatic rings. The van der Waals surface area contributed by atoms with E-state index in [-0.39, 0.29) is 6.54 Å². The SMILES string of the molecule is NC(=O)CN(Cc1ccc(N)cc1)C(=O)NCC(F)(F)F. The Morgan fingerprint density at radius 1 is 1.19 bits per heavy atom. The monoisotopic (exact) mass is 304 g/mol. The van der Waals surface area contributed by atoms with Crippen LogP contribution in [0.2, 0.25) is 0 Å². The summed E-state index contributed by atoms with van der Waals surface area (Å²) in [6, 6.07) is 5.32. The Morgan fingerprint density at radius 3 is 2.24 bits per heavy atom. The van der Waals surface area contributed by atoms with Crippen molar-refractivity contribution in [1.29, 1.82) is 0 Å². The van der Waals surface area contributed by atoms with Crippen molar-refractivity contribution in [2.45, 2.75) is 12.7 Å². The third-order valence-corrected chi connectivity index (χ3v) is 2.43. The number of primary amides is 1. The van der Waals surface area contributed by atoms with Crippen molar-refractivity contribution in [3.8, 4) is 0 Å². The fourth-order valence-corrected chi connectivity index (χ4v) is 1.52. The number of alkyl halides is 3. The van der Waals surface area contributed by atoms with Gasteiger partial charge in [0, 0.05) is 12.2 Å². The maximum absolute atomic E-state index is 12.1. The number of carbonyl (C=O) groups excluding carboxylic acids is 2. The lowest BCUT2D eigenvalue weighted by molar-refractivity contribution is -0.123. The van der Waals surface area contributed by atoms with Crippen molar-refractivity contribution >= 4 is 17.6 Å². The van der Waals surface area contributed by atoms with E-state index in [1.54, 1.807) is 29.6 Å². The molecule has 0 radical (unpaired) electrons. The van der Waals surface area contributed by atoms with Crippen LogP contribution in [-0.4, -0.2) is 36.1 Å². The van der Waals surface area contributed by atoms with Crippen LogP contribution in [0.1, 0.15) is 5.56 Å². The first kappa shape index (κ1) is 16.6. The topological polar surface area (TPSA) is 101 Å². The molecule has 0 atom stereocenters. The number of nitrogens with one attached hydrogen (secondary N) is 1. The summed E-state index contributed by atoms with van der Waals surface area (Å²) in [5.41, 5.74) is 11.6. The number of nitrogen functional groups attached to an aromatic ring is 1. The minimum atomic E-state index is -4.53. The van der Waals surface area contributed by atoms with E-state index < -0.39 is 31.2 Å². The molecule has 21 heavy (non-hydrogen) atoms. The second-order valence-corrected chi connectivity index (χ2v) is 4.34. The second kappa shape index (κ2) is 6.82. The molecular formula is C12H15F3N4O2. The number of rotatable bonds is 5. The molecule has 0 aliphatic rings. The molecule has 9 heteroatoms. The highest BCUT2D eigenvalue weighted by Gasteiger charge is 2.29. The van der Waals surface area contributed by atoms with Crippen LogP contribution in [0.5, 0.6) is 0 Å². The van der Waals surface area contributed by atoms with Crippen molar-refractivity contribution in [2.75, 3.05) is 18.8 Å². The fourth-order valence-electron chi connectivity index (χ4n) is 1.52. The number of nitrogens with zero attached hydrogens (tertiary/aromatic N) is 1. The summed E-state index contributed by atoms with van der Waals surface area (Å²) >= 11 is 0. The number of carbonyl (C=O) groups is 2. The first-order valence-corrected chi connectivity index (χ1v) is 5.89. The molecule has 0 heterocycles. The summed E-state index contributed by atoms with van der Waals surface area (Å²) in [4.78, 5) is 23.5. The molecule has 5 N–H and O–H groups in total. The quantitative estimate of drug-likeness (QED) is 0.702. The molecule has 3 amide bonds. The summed E-state index contributed by atoms with van der Waals surface area (Å²) in [5, 5.41) is 1.69. The molecule has 116 valence electrons. The molecule has 0 spiro atoms. The summed E-state index contributed by atoms with van der Waals surface area (Å²) in [7, 11) is 0. The molecule has 6 nitrogen and oxygen atoms in total. The van der Waals surface area contributed by atoms with E-state index in [2.05, 4.69) is 0 Å². The van der Waals surface area contributed by atoms with Crippen molar-refractivity contribution in [1.82, 2.24) is 10.2 Å². The minimum absolute atomic E-state index is 0.0626. The third-order valence-electron chi connectivity index (χ3n) is 2.43. The number of amides is 3. The number of halogens is 3. The molecule has 1 aromatic carbocycles. The minimum Gasteiger partial charge on any atom is -0.399 e. The number of benzene rings is 1. The van der Waals surface area contributed by atoms with Crippen LogP contribution in [0.3, 0.4) is 0 Å². The van der Waals surface area contributed by atoms with Gasteiger partial charge in [-0.25, -0.2) is 4.79 Å². The average molecular weight is 304 g/mol. The van der Waals surface area contributed by atoms with Crippen LogP contribution in [-0.2, 0) is 11.3 Å². The lowest BCUT2D eigenvalue weighted by Crippen LogP contribution is -2.46. The van der Waals surface area contributed by atoms with Gasteiger partial charge in [0.15, 0.2) is 0 Å². The second-order valence-electron chi connectivity index (χ2n) is 4.34. The number of urea groups is 1. The third kappa shape index (κ3) is 6.50. The fraction of sp³-hybridized carbons (Fsp3) is 0.333. The maximum Gasteiger partial charge on any atom is 0.405 e. The molecule has 0 fully saturated rings. The van der Waals surface area contributed by atoms with Gasteiger partial charge in [-0.2, -0.15) is 13.2 Å². The van der Waals surface area contributed by atoms with Crippen molar-refractivity contribution in [3.63, 3.8) is 0 Å². The Morgan fingerprint density at radius 2 is 1.76 bits per heavy atom. The maximum atomic E-state index is 12.1. The highest BCUT2D eigenvalue weighted by Crippen LogP contribution is 2.13. The van der Waals surface area contributed by atoms with Gasteiger partial charge >= 0.3 is 12.2 Å².